The van der Waals surface area contributed by atoms with Gasteiger partial charge < -0.3 is 0 Å². The SMILES string of the molecule is Cc1ccccc1[B-](c1ccccc1C)(c1ccccc1C)c1ccccc1C. The van der Waals surface area contributed by atoms with Crippen molar-refractivity contribution in [3.05, 3.63) is 119 Å². The highest BCUT2D eigenvalue weighted by molar-refractivity contribution is 7.20. The molecule has 0 aliphatic rings. The Kier molecular flexibility index (Phi) is 5.15. The molecule has 0 unspecified atom stereocenters. The predicted octanol–water partition coefficient (Wildman–Crippen LogP) is 4.30. The van der Waals surface area contributed by atoms with Gasteiger partial charge in [-0.05, 0) is 27.7 Å². The average molecular weight is 375 g/mol. The molecule has 0 aliphatic heterocycles. The zero-order valence-electron chi connectivity index (χ0n) is 17.8. The van der Waals surface area contributed by atoms with Crippen molar-refractivity contribution < 1.29 is 0 Å². The summed E-state index contributed by atoms with van der Waals surface area (Å²) < 4.78 is 0. The predicted molar refractivity (Wildman–Crippen MR) is 129 cm³/mol. The monoisotopic (exact) mass is 375 g/mol. The zero-order valence-corrected chi connectivity index (χ0v) is 17.8. The van der Waals surface area contributed by atoms with Crippen LogP contribution in [-0.2, 0) is 0 Å². The first-order valence-electron chi connectivity index (χ1n) is 10.5. The fourth-order valence-electron chi connectivity index (χ4n) is 5.30. The van der Waals surface area contributed by atoms with Crippen molar-refractivity contribution in [2.24, 2.45) is 0 Å². The minimum absolute atomic E-state index is 1.32. The minimum atomic E-state index is -1.32. The van der Waals surface area contributed by atoms with Crippen LogP contribution in [-0.4, -0.2) is 6.15 Å². The molecule has 0 aliphatic carbocycles. The summed E-state index contributed by atoms with van der Waals surface area (Å²) in [4.78, 5) is 0. The summed E-state index contributed by atoms with van der Waals surface area (Å²) in [5.74, 6) is 0. The Labute approximate surface area is 175 Å². The first-order valence-corrected chi connectivity index (χ1v) is 10.5. The first kappa shape index (κ1) is 19.3. The molecule has 0 saturated heterocycles. The van der Waals surface area contributed by atoms with Gasteiger partial charge in [-0.2, -0.15) is 21.9 Å². The molecular weight excluding hydrogens is 347 g/mol. The summed E-state index contributed by atoms with van der Waals surface area (Å²) in [6, 6.07) is 35.7. The van der Waals surface area contributed by atoms with Gasteiger partial charge in [0, 0.05) is 0 Å². The number of hydrogen-bond acceptors (Lipinski definition) is 0. The third-order valence-corrected chi connectivity index (χ3v) is 6.62. The lowest BCUT2D eigenvalue weighted by atomic mass is 9.11. The maximum Gasteiger partial charge on any atom is 0.109 e. The van der Waals surface area contributed by atoms with Gasteiger partial charge in [0.1, 0.15) is 6.15 Å². The van der Waals surface area contributed by atoms with E-state index in [0.717, 1.165) is 0 Å². The molecule has 0 N–H and O–H groups in total. The Morgan fingerprint density at radius 1 is 0.345 bits per heavy atom. The van der Waals surface area contributed by atoms with E-state index in [4.69, 9.17) is 0 Å². The van der Waals surface area contributed by atoms with Crippen LogP contribution in [0.25, 0.3) is 0 Å². The van der Waals surface area contributed by atoms with Gasteiger partial charge in [-0.1, -0.05) is 119 Å². The zero-order chi connectivity index (χ0) is 20.4. The van der Waals surface area contributed by atoms with Crippen LogP contribution in [0.5, 0.6) is 0 Å². The van der Waals surface area contributed by atoms with E-state index < -0.39 is 6.15 Å². The van der Waals surface area contributed by atoms with Gasteiger partial charge in [-0.3, -0.25) is 0 Å². The summed E-state index contributed by atoms with van der Waals surface area (Å²) in [7, 11) is 0. The van der Waals surface area contributed by atoms with E-state index in [2.05, 4.69) is 125 Å². The van der Waals surface area contributed by atoms with E-state index in [1.165, 1.54) is 44.1 Å². The fraction of sp³-hybridized carbons (Fsp3) is 0.143. The lowest BCUT2D eigenvalue weighted by Crippen LogP contribution is -2.76. The third kappa shape index (κ3) is 3.11. The lowest BCUT2D eigenvalue weighted by Gasteiger charge is -2.48. The molecule has 4 aromatic carbocycles. The van der Waals surface area contributed by atoms with Crippen molar-refractivity contribution >= 4 is 28.0 Å². The van der Waals surface area contributed by atoms with Crippen LogP contribution < -0.4 is 21.9 Å². The van der Waals surface area contributed by atoms with E-state index >= 15 is 0 Å². The normalized spacial score (nSPS) is 11.4. The number of hydrogen-bond donors (Lipinski definition) is 0. The van der Waals surface area contributed by atoms with Crippen LogP contribution in [0.2, 0.25) is 0 Å². The van der Waals surface area contributed by atoms with E-state index in [1.807, 2.05) is 0 Å². The Hall–Kier alpha value is -3.06. The van der Waals surface area contributed by atoms with E-state index in [1.54, 1.807) is 0 Å². The van der Waals surface area contributed by atoms with Crippen LogP contribution in [0.1, 0.15) is 22.3 Å². The van der Waals surface area contributed by atoms with Gasteiger partial charge in [0.05, 0.1) is 0 Å². The van der Waals surface area contributed by atoms with Crippen LogP contribution in [0, 0.1) is 27.7 Å². The van der Waals surface area contributed by atoms with E-state index in [-0.39, 0.29) is 0 Å². The second kappa shape index (κ2) is 7.76. The van der Waals surface area contributed by atoms with Crippen LogP contribution in [0.4, 0.5) is 0 Å². The molecule has 29 heavy (non-hydrogen) atoms. The summed E-state index contributed by atoms with van der Waals surface area (Å²) >= 11 is 0. The minimum Gasteiger partial charge on any atom is -0.192 e. The van der Waals surface area contributed by atoms with Crippen molar-refractivity contribution in [1.82, 2.24) is 0 Å². The molecule has 0 amide bonds. The maximum absolute atomic E-state index is 2.33. The Bertz CT molecular complexity index is 969. The van der Waals surface area contributed by atoms with Crippen molar-refractivity contribution in [3.8, 4) is 0 Å². The molecule has 0 bridgehead atoms. The van der Waals surface area contributed by atoms with E-state index in [9.17, 15) is 0 Å². The maximum atomic E-state index is 2.33. The second-order valence-corrected chi connectivity index (χ2v) is 8.29. The van der Waals surface area contributed by atoms with Gasteiger partial charge >= 0.3 is 0 Å². The fourth-order valence-corrected chi connectivity index (χ4v) is 5.30. The van der Waals surface area contributed by atoms with Crippen LogP contribution in [0.15, 0.2) is 97.1 Å². The smallest absolute Gasteiger partial charge is 0.109 e. The average Bonchev–Trinajstić information content (AvgIpc) is 2.73. The second-order valence-electron chi connectivity index (χ2n) is 8.29. The molecule has 0 saturated carbocycles. The molecule has 0 radical (unpaired) electrons. The van der Waals surface area contributed by atoms with Gasteiger partial charge in [-0.15, -0.1) is 0 Å². The molecule has 1 heteroatoms. The van der Waals surface area contributed by atoms with Gasteiger partial charge in [0.25, 0.3) is 0 Å². The molecular formula is C28H28B-. The molecule has 4 aromatic rings. The van der Waals surface area contributed by atoms with Crippen molar-refractivity contribution in [2.75, 3.05) is 0 Å². The summed E-state index contributed by atoms with van der Waals surface area (Å²) in [5, 5.41) is 0. The summed E-state index contributed by atoms with van der Waals surface area (Å²) in [6.45, 7) is 9.00. The van der Waals surface area contributed by atoms with Gasteiger partial charge in [0.15, 0.2) is 0 Å². The van der Waals surface area contributed by atoms with Crippen molar-refractivity contribution in [1.29, 1.82) is 0 Å². The topological polar surface area (TPSA) is 0 Å². The molecule has 4 rings (SSSR count). The van der Waals surface area contributed by atoms with Crippen molar-refractivity contribution in [3.63, 3.8) is 0 Å². The number of rotatable bonds is 4. The molecule has 0 nitrogen and oxygen atoms in total. The summed E-state index contributed by atoms with van der Waals surface area (Å²) in [6.07, 6.45) is -1.32. The largest absolute Gasteiger partial charge is 0.192 e. The van der Waals surface area contributed by atoms with E-state index in [0.29, 0.717) is 0 Å². The summed E-state index contributed by atoms with van der Waals surface area (Å²) in [5.41, 5.74) is 11.0. The first-order chi connectivity index (χ1) is 14.1. The van der Waals surface area contributed by atoms with Crippen molar-refractivity contribution in [2.45, 2.75) is 27.7 Å². The highest BCUT2D eigenvalue weighted by Crippen LogP contribution is 2.16. The van der Waals surface area contributed by atoms with Crippen LogP contribution in [0.3, 0.4) is 0 Å². The molecule has 0 atom stereocenters. The standard InChI is InChI=1S/C28H28B/c1-21-13-5-9-17-25(21)29(26-18-10-6-14-22(26)2,27-19-11-7-15-23(27)3)28-20-12-8-16-24(28)4/h5-20H,1-4H3/q-1. The number of aryl methyl sites for hydroxylation is 4. The Morgan fingerprint density at radius 3 is 0.759 bits per heavy atom. The highest BCUT2D eigenvalue weighted by atomic mass is 14.2. The number of benzene rings is 4. The Balaban J connectivity index is 2.28. The third-order valence-electron chi connectivity index (χ3n) is 6.62. The molecule has 0 heterocycles. The molecule has 0 spiro atoms. The van der Waals surface area contributed by atoms with Gasteiger partial charge in [-0.25, -0.2) is 0 Å². The van der Waals surface area contributed by atoms with Gasteiger partial charge in [0.2, 0.25) is 0 Å². The highest BCUT2D eigenvalue weighted by Gasteiger charge is 2.35. The molecule has 144 valence electrons. The Morgan fingerprint density at radius 2 is 0.552 bits per heavy atom. The molecule has 0 aromatic heterocycles. The quantitative estimate of drug-likeness (QED) is 0.467. The van der Waals surface area contributed by atoms with Crippen LogP contribution >= 0.6 is 0 Å². The lowest BCUT2D eigenvalue weighted by molar-refractivity contribution is 1.44. The molecule has 0 fully saturated rings.